The third kappa shape index (κ3) is 3.77. The van der Waals surface area contributed by atoms with E-state index in [1.807, 2.05) is 24.3 Å². The molecule has 0 fully saturated rings. The Morgan fingerprint density at radius 3 is 2.64 bits per heavy atom. The fraction of sp³-hybridized carbons (Fsp3) is 0.176. The highest BCUT2D eigenvalue weighted by molar-refractivity contribution is 6.03. The number of amides is 2. The lowest BCUT2D eigenvalue weighted by molar-refractivity contribution is 0.174. The first kappa shape index (κ1) is 16.9. The van der Waals surface area contributed by atoms with Crippen LogP contribution in [0.2, 0.25) is 0 Å². The lowest BCUT2D eigenvalue weighted by Crippen LogP contribution is -2.21. The molecular formula is C17H17ClN4O3. The van der Waals surface area contributed by atoms with Crippen molar-refractivity contribution in [1.82, 2.24) is 5.32 Å². The molecule has 0 unspecified atom stereocenters. The molecule has 2 aromatic rings. The maximum absolute atomic E-state index is 12.2. The first-order valence-corrected chi connectivity index (χ1v) is 7.64. The zero-order valence-corrected chi connectivity index (χ0v) is 14.1. The van der Waals surface area contributed by atoms with Crippen LogP contribution in [0, 0.1) is 0 Å². The summed E-state index contributed by atoms with van der Waals surface area (Å²) in [7, 11) is 0. The zero-order chi connectivity index (χ0) is 16.4. The first-order chi connectivity index (χ1) is 11.8. The molecule has 130 valence electrons. The quantitative estimate of drug-likeness (QED) is 0.785. The highest BCUT2D eigenvalue weighted by Gasteiger charge is 2.14. The number of hydrogen-bond acceptors (Lipinski definition) is 5. The van der Waals surface area contributed by atoms with Crippen molar-refractivity contribution < 1.29 is 14.3 Å². The van der Waals surface area contributed by atoms with Crippen molar-refractivity contribution in [1.29, 1.82) is 0 Å². The number of nitrogens with zero attached hydrogens (tertiary/aromatic N) is 1. The molecule has 0 bridgehead atoms. The van der Waals surface area contributed by atoms with Crippen LogP contribution in [-0.2, 0) is 0 Å². The second-order valence-corrected chi connectivity index (χ2v) is 5.39. The number of amidine groups is 1. The molecule has 0 radical (unpaired) electrons. The lowest BCUT2D eigenvalue weighted by Gasteiger charge is -2.10. The van der Waals surface area contributed by atoms with Crippen molar-refractivity contribution in [3.63, 3.8) is 0 Å². The molecule has 0 atom stereocenters. The fourth-order valence-corrected chi connectivity index (χ4v) is 2.60. The summed E-state index contributed by atoms with van der Waals surface area (Å²) in [6, 6.07) is 12.5. The SMILES string of the molecule is Cl.O=C(Nc1cccc(C2=NCCN2)c1)Nc1ccc2c(c1)OCO2. The molecule has 0 saturated heterocycles. The van der Waals surface area contributed by atoms with Crippen LogP contribution in [0.15, 0.2) is 47.5 Å². The molecule has 2 aliphatic rings. The summed E-state index contributed by atoms with van der Waals surface area (Å²) in [5, 5.41) is 8.81. The Morgan fingerprint density at radius 1 is 1.04 bits per heavy atom. The van der Waals surface area contributed by atoms with Gasteiger partial charge in [-0.15, -0.1) is 12.4 Å². The van der Waals surface area contributed by atoms with E-state index in [0.717, 1.165) is 24.5 Å². The van der Waals surface area contributed by atoms with Crippen molar-refractivity contribution in [3.8, 4) is 11.5 Å². The van der Waals surface area contributed by atoms with E-state index in [0.29, 0.717) is 22.9 Å². The van der Waals surface area contributed by atoms with Gasteiger partial charge < -0.3 is 25.4 Å². The number of halogens is 1. The molecule has 2 amide bonds. The van der Waals surface area contributed by atoms with E-state index < -0.39 is 0 Å². The smallest absolute Gasteiger partial charge is 0.323 e. The molecule has 3 N–H and O–H groups in total. The van der Waals surface area contributed by atoms with Crippen molar-refractivity contribution in [2.45, 2.75) is 0 Å². The molecule has 0 spiro atoms. The molecule has 0 aromatic heterocycles. The van der Waals surface area contributed by atoms with Crippen LogP contribution in [0.5, 0.6) is 11.5 Å². The van der Waals surface area contributed by atoms with Gasteiger partial charge in [-0.25, -0.2) is 4.79 Å². The van der Waals surface area contributed by atoms with E-state index in [2.05, 4.69) is 20.9 Å². The summed E-state index contributed by atoms with van der Waals surface area (Å²) in [6.07, 6.45) is 0. The number of urea groups is 1. The normalized spacial score (nSPS) is 14.2. The maximum atomic E-state index is 12.2. The van der Waals surface area contributed by atoms with Crippen LogP contribution in [-0.4, -0.2) is 31.7 Å². The van der Waals surface area contributed by atoms with Gasteiger partial charge in [0.25, 0.3) is 0 Å². The van der Waals surface area contributed by atoms with Gasteiger partial charge in [0.15, 0.2) is 11.5 Å². The topological polar surface area (TPSA) is 84.0 Å². The second-order valence-electron chi connectivity index (χ2n) is 5.39. The molecule has 2 heterocycles. The van der Waals surface area contributed by atoms with Crippen LogP contribution in [0.3, 0.4) is 0 Å². The number of anilines is 2. The standard InChI is InChI=1S/C17H16N4O3.ClH/c22-17(21-13-4-5-14-15(9-13)24-10-23-14)20-12-3-1-2-11(8-12)16-18-6-7-19-16;/h1-5,8-9H,6-7,10H2,(H,18,19)(H2,20,21,22);1H. The Labute approximate surface area is 150 Å². The van der Waals surface area contributed by atoms with Crippen LogP contribution in [0.1, 0.15) is 5.56 Å². The minimum Gasteiger partial charge on any atom is -0.454 e. The number of nitrogens with one attached hydrogen (secondary N) is 3. The number of carbonyl (C=O) groups excluding carboxylic acids is 1. The van der Waals surface area contributed by atoms with Gasteiger partial charge in [0, 0.05) is 29.5 Å². The Morgan fingerprint density at radius 2 is 1.84 bits per heavy atom. The summed E-state index contributed by atoms with van der Waals surface area (Å²) in [4.78, 5) is 16.6. The average molecular weight is 361 g/mol. The maximum Gasteiger partial charge on any atom is 0.323 e. The Balaban J connectivity index is 0.00000182. The third-order valence-corrected chi connectivity index (χ3v) is 3.70. The molecule has 0 aliphatic carbocycles. The van der Waals surface area contributed by atoms with Gasteiger partial charge in [-0.2, -0.15) is 0 Å². The van der Waals surface area contributed by atoms with Crippen molar-refractivity contribution in [2.75, 3.05) is 30.5 Å². The number of hydrogen-bond donors (Lipinski definition) is 3. The summed E-state index contributed by atoms with van der Waals surface area (Å²) in [5.74, 6) is 2.16. The van der Waals surface area contributed by atoms with Gasteiger partial charge in [-0.05, 0) is 24.3 Å². The van der Waals surface area contributed by atoms with Crippen molar-refractivity contribution >= 4 is 35.6 Å². The van der Waals surface area contributed by atoms with Gasteiger partial charge in [0.1, 0.15) is 5.84 Å². The zero-order valence-electron chi connectivity index (χ0n) is 13.2. The van der Waals surface area contributed by atoms with E-state index in [-0.39, 0.29) is 25.2 Å². The lowest BCUT2D eigenvalue weighted by atomic mass is 10.2. The van der Waals surface area contributed by atoms with E-state index >= 15 is 0 Å². The second kappa shape index (κ2) is 7.31. The molecule has 2 aromatic carbocycles. The fourth-order valence-electron chi connectivity index (χ4n) is 2.60. The summed E-state index contributed by atoms with van der Waals surface area (Å²) in [6.45, 7) is 1.82. The van der Waals surface area contributed by atoms with Gasteiger partial charge in [0.05, 0.1) is 6.54 Å². The van der Waals surface area contributed by atoms with Gasteiger partial charge in [-0.3, -0.25) is 4.99 Å². The molecule has 7 nitrogen and oxygen atoms in total. The molecule has 0 saturated carbocycles. The molecular weight excluding hydrogens is 344 g/mol. The average Bonchev–Trinajstić information content (AvgIpc) is 3.26. The van der Waals surface area contributed by atoms with Crippen LogP contribution in [0.25, 0.3) is 0 Å². The predicted octanol–water partition coefficient (Wildman–Crippen LogP) is 2.83. The van der Waals surface area contributed by atoms with E-state index in [4.69, 9.17) is 9.47 Å². The summed E-state index contributed by atoms with van der Waals surface area (Å²) >= 11 is 0. The number of carbonyl (C=O) groups is 1. The number of fused-ring (bicyclic) bond motifs is 1. The number of ether oxygens (including phenoxy) is 2. The van der Waals surface area contributed by atoms with Crippen LogP contribution < -0.4 is 25.4 Å². The third-order valence-electron chi connectivity index (χ3n) is 3.70. The van der Waals surface area contributed by atoms with Gasteiger partial charge >= 0.3 is 6.03 Å². The predicted molar refractivity (Wildman–Crippen MR) is 98.3 cm³/mol. The summed E-state index contributed by atoms with van der Waals surface area (Å²) in [5.41, 5.74) is 2.28. The number of aliphatic imine (C=N–C) groups is 1. The van der Waals surface area contributed by atoms with Crippen LogP contribution in [0.4, 0.5) is 16.2 Å². The van der Waals surface area contributed by atoms with Crippen molar-refractivity contribution in [2.24, 2.45) is 4.99 Å². The molecule has 25 heavy (non-hydrogen) atoms. The number of rotatable bonds is 3. The van der Waals surface area contributed by atoms with Crippen LogP contribution >= 0.6 is 12.4 Å². The van der Waals surface area contributed by atoms with E-state index in [9.17, 15) is 4.79 Å². The minimum absolute atomic E-state index is 0. The Bertz CT molecular complexity index is 825. The molecule has 4 rings (SSSR count). The monoisotopic (exact) mass is 360 g/mol. The number of benzene rings is 2. The van der Waals surface area contributed by atoms with Crippen molar-refractivity contribution in [3.05, 3.63) is 48.0 Å². The Kier molecular flexibility index (Phi) is 4.95. The van der Waals surface area contributed by atoms with Gasteiger partial charge in [0.2, 0.25) is 6.79 Å². The highest BCUT2D eigenvalue weighted by atomic mass is 35.5. The van der Waals surface area contributed by atoms with Gasteiger partial charge in [-0.1, -0.05) is 12.1 Å². The van der Waals surface area contributed by atoms with E-state index in [1.54, 1.807) is 18.2 Å². The first-order valence-electron chi connectivity index (χ1n) is 7.64. The minimum atomic E-state index is -0.327. The molecule has 2 aliphatic heterocycles. The summed E-state index contributed by atoms with van der Waals surface area (Å²) < 4.78 is 10.5. The largest absolute Gasteiger partial charge is 0.454 e. The van der Waals surface area contributed by atoms with E-state index in [1.165, 1.54) is 0 Å². The molecule has 8 heteroatoms. The Hall–Kier alpha value is -2.93. The highest BCUT2D eigenvalue weighted by Crippen LogP contribution is 2.34.